The normalized spacial score (nSPS) is 14.7. The topological polar surface area (TPSA) is 49.4 Å². The van der Waals surface area contributed by atoms with E-state index in [4.69, 9.17) is 0 Å². The quantitative estimate of drug-likeness (QED) is 0.402. The molecule has 0 saturated heterocycles. The third kappa shape index (κ3) is 8.31. The molecule has 1 heterocycles. The van der Waals surface area contributed by atoms with E-state index in [-0.39, 0.29) is 6.17 Å². The Morgan fingerprint density at radius 1 is 0.611 bits per heavy atom. The van der Waals surface area contributed by atoms with Gasteiger partial charge in [0.05, 0.1) is 0 Å². The van der Waals surface area contributed by atoms with Crippen LogP contribution in [0.3, 0.4) is 0 Å². The molecule has 0 fully saturated rings. The Balaban J connectivity index is 1.71. The van der Waals surface area contributed by atoms with Gasteiger partial charge in [0.15, 0.2) is 6.17 Å². The summed E-state index contributed by atoms with van der Waals surface area (Å²) in [5.41, 5.74) is 0. The van der Waals surface area contributed by atoms with E-state index < -0.39 is 0 Å². The van der Waals surface area contributed by atoms with E-state index in [1.807, 2.05) is 0 Å². The van der Waals surface area contributed by atoms with E-state index in [0.29, 0.717) is 0 Å². The second-order valence-corrected chi connectivity index (χ2v) is 5.07. The third-order valence-electron chi connectivity index (χ3n) is 3.37. The summed E-state index contributed by atoms with van der Waals surface area (Å²) in [7, 11) is 0. The molecule has 0 unspecified atom stereocenters. The molecular weight excluding hydrogens is 224 g/mol. The first-order chi connectivity index (χ1) is 8.93. The van der Waals surface area contributed by atoms with E-state index in [0.717, 1.165) is 12.8 Å². The zero-order chi connectivity index (χ0) is 12.9. The van der Waals surface area contributed by atoms with Crippen molar-refractivity contribution in [2.24, 2.45) is 20.7 Å². The minimum absolute atomic E-state index is 0.0260. The van der Waals surface area contributed by atoms with Crippen molar-refractivity contribution < 1.29 is 0 Å². The maximum Gasteiger partial charge on any atom is 0.185 e. The van der Waals surface area contributed by atoms with Gasteiger partial charge in [0.2, 0.25) is 0 Å². The SMILES string of the molecule is [CH2]CCCCCCCCCCCCC1N=NN=N1. The van der Waals surface area contributed by atoms with Gasteiger partial charge in [-0.2, -0.15) is 0 Å². The van der Waals surface area contributed by atoms with Crippen molar-refractivity contribution in [1.29, 1.82) is 0 Å². The van der Waals surface area contributed by atoms with Crippen LogP contribution in [0.5, 0.6) is 0 Å². The lowest BCUT2D eigenvalue weighted by Crippen LogP contribution is -1.95. The Kier molecular flexibility index (Phi) is 9.58. The lowest BCUT2D eigenvalue weighted by molar-refractivity contribution is 0.525. The molecule has 0 atom stereocenters. The van der Waals surface area contributed by atoms with Gasteiger partial charge in [-0.05, 0) is 23.3 Å². The summed E-state index contributed by atoms with van der Waals surface area (Å²) in [5.74, 6) is 0. The van der Waals surface area contributed by atoms with E-state index in [1.165, 1.54) is 64.2 Å². The van der Waals surface area contributed by atoms with Gasteiger partial charge in [0.25, 0.3) is 0 Å². The van der Waals surface area contributed by atoms with E-state index >= 15 is 0 Å². The lowest BCUT2D eigenvalue weighted by atomic mass is 10.1. The van der Waals surface area contributed by atoms with Gasteiger partial charge in [-0.25, -0.2) is 0 Å². The third-order valence-corrected chi connectivity index (χ3v) is 3.37. The van der Waals surface area contributed by atoms with Crippen LogP contribution >= 0.6 is 0 Å². The standard InChI is InChI=1S/C14H27N4/c1-2-3-4-5-6-7-8-9-10-11-12-13-14-15-17-18-16-14/h14H,1-13H2. The van der Waals surface area contributed by atoms with Crippen LogP contribution < -0.4 is 0 Å². The predicted molar refractivity (Wildman–Crippen MR) is 74.3 cm³/mol. The van der Waals surface area contributed by atoms with Crippen molar-refractivity contribution in [3.63, 3.8) is 0 Å². The molecule has 0 bridgehead atoms. The predicted octanol–water partition coefficient (Wildman–Crippen LogP) is 5.66. The summed E-state index contributed by atoms with van der Waals surface area (Å²) >= 11 is 0. The first-order valence-electron chi connectivity index (χ1n) is 7.52. The van der Waals surface area contributed by atoms with Gasteiger partial charge < -0.3 is 0 Å². The van der Waals surface area contributed by atoms with Crippen molar-refractivity contribution >= 4 is 0 Å². The minimum Gasteiger partial charge on any atom is -0.138 e. The molecule has 18 heavy (non-hydrogen) atoms. The molecule has 0 aromatic heterocycles. The molecule has 0 aliphatic carbocycles. The van der Waals surface area contributed by atoms with Crippen molar-refractivity contribution in [3.8, 4) is 0 Å². The maximum absolute atomic E-state index is 3.91. The molecule has 1 aliphatic rings. The molecule has 0 spiro atoms. The van der Waals surface area contributed by atoms with Crippen molar-refractivity contribution in [3.05, 3.63) is 6.92 Å². The smallest absolute Gasteiger partial charge is 0.138 e. The van der Waals surface area contributed by atoms with Crippen LogP contribution in [0.25, 0.3) is 0 Å². The Morgan fingerprint density at radius 2 is 1.06 bits per heavy atom. The van der Waals surface area contributed by atoms with Gasteiger partial charge in [0.1, 0.15) is 0 Å². The zero-order valence-electron chi connectivity index (χ0n) is 11.6. The summed E-state index contributed by atoms with van der Waals surface area (Å²) in [6.07, 6.45) is 15.6. The van der Waals surface area contributed by atoms with Crippen molar-refractivity contribution in [2.45, 2.75) is 83.2 Å². The molecule has 0 aromatic carbocycles. The Bertz CT molecular complexity index is 226. The molecular formula is C14H27N4. The molecule has 0 saturated carbocycles. The summed E-state index contributed by atoms with van der Waals surface area (Å²) in [6.45, 7) is 3.86. The van der Waals surface area contributed by atoms with Crippen LogP contribution in [-0.4, -0.2) is 6.17 Å². The van der Waals surface area contributed by atoms with Crippen LogP contribution in [0.1, 0.15) is 77.0 Å². The van der Waals surface area contributed by atoms with Crippen LogP contribution in [0, 0.1) is 6.92 Å². The van der Waals surface area contributed by atoms with Gasteiger partial charge in [0, 0.05) is 0 Å². The van der Waals surface area contributed by atoms with E-state index in [2.05, 4.69) is 27.6 Å². The van der Waals surface area contributed by atoms with Crippen LogP contribution in [-0.2, 0) is 0 Å². The summed E-state index contributed by atoms with van der Waals surface area (Å²) in [4.78, 5) is 0. The Morgan fingerprint density at radius 3 is 1.56 bits per heavy atom. The highest BCUT2D eigenvalue weighted by atomic mass is 15.6. The lowest BCUT2D eigenvalue weighted by Gasteiger charge is -2.03. The molecule has 4 heteroatoms. The number of hydrogen-bond donors (Lipinski definition) is 0. The number of unbranched alkanes of at least 4 members (excludes halogenated alkanes) is 10. The van der Waals surface area contributed by atoms with E-state index in [9.17, 15) is 0 Å². The minimum atomic E-state index is 0.0260. The molecule has 4 nitrogen and oxygen atoms in total. The molecule has 1 aliphatic heterocycles. The monoisotopic (exact) mass is 251 g/mol. The van der Waals surface area contributed by atoms with Crippen LogP contribution in [0.15, 0.2) is 20.7 Å². The summed E-state index contributed by atoms with van der Waals surface area (Å²) in [6, 6.07) is 0. The van der Waals surface area contributed by atoms with E-state index in [1.54, 1.807) is 0 Å². The summed E-state index contributed by atoms with van der Waals surface area (Å²) < 4.78 is 0. The highest BCUT2D eigenvalue weighted by molar-refractivity contribution is 4.61. The highest BCUT2D eigenvalue weighted by Crippen LogP contribution is 2.15. The van der Waals surface area contributed by atoms with Gasteiger partial charge >= 0.3 is 0 Å². The molecule has 0 amide bonds. The van der Waals surface area contributed by atoms with Crippen molar-refractivity contribution in [2.75, 3.05) is 0 Å². The number of rotatable bonds is 12. The molecule has 0 N–H and O–H groups in total. The Labute approximate surface area is 111 Å². The fourth-order valence-corrected chi connectivity index (χ4v) is 2.22. The molecule has 0 aromatic rings. The Hall–Kier alpha value is -0.800. The first-order valence-corrected chi connectivity index (χ1v) is 7.52. The van der Waals surface area contributed by atoms with Gasteiger partial charge in [-0.15, -0.1) is 10.2 Å². The van der Waals surface area contributed by atoms with Crippen molar-refractivity contribution in [1.82, 2.24) is 0 Å². The zero-order valence-corrected chi connectivity index (χ0v) is 11.6. The fraction of sp³-hybridized carbons (Fsp3) is 0.929. The second kappa shape index (κ2) is 11.3. The van der Waals surface area contributed by atoms with Gasteiger partial charge in [-0.1, -0.05) is 71.1 Å². The molecule has 103 valence electrons. The summed E-state index contributed by atoms with van der Waals surface area (Å²) in [5, 5.41) is 14.8. The largest absolute Gasteiger partial charge is 0.185 e. The highest BCUT2D eigenvalue weighted by Gasteiger charge is 2.07. The average molecular weight is 251 g/mol. The molecule has 1 rings (SSSR count). The fourth-order valence-electron chi connectivity index (χ4n) is 2.22. The average Bonchev–Trinajstić information content (AvgIpc) is 2.89. The van der Waals surface area contributed by atoms with Crippen LogP contribution in [0.2, 0.25) is 0 Å². The van der Waals surface area contributed by atoms with Crippen LogP contribution in [0.4, 0.5) is 0 Å². The molecule has 1 radical (unpaired) electrons. The first kappa shape index (κ1) is 15.3. The number of nitrogens with zero attached hydrogens (tertiary/aromatic N) is 4. The second-order valence-electron chi connectivity index (χ2n) is 5.07. The number of hydrogen-bond acceptors (Lipinski definition) is 4. The van der Waals surface area contributed by atoms with Gasteiger partial charge in [-0.3, -0.25) is 0 Å². The maximum atomic E-state index is 3.91.